The van der Waals surface area contributed by atoms with Gasteiger partial charge in [-0.2, -0.15) is 11.3 Å². The van der Waals surface area contributed by atoms with E-state index < -0.39 is 6.04 Å². The lowest BCUT2D eigenvalue weighted by Crippen LogP contribution is -2.47. The number of methoxy groups -OCH3 is 2. The van der Waals surface area contributed by atoms with Gasteiger partial charge in [0.15, 0.2) is 11.5 Å². The Balaban J connectivity index is 1.26. The Morgan fingerprint density at radius 2 is 1.80 bits per heavy atom. The Kier molecular flexibility index (Phi) is 6.79. The smallest absolute Gasteiger partial charge is 0.239 e. The minimum atomic E-state index is -0.468. The lowest BCUT2D eigenvalue weighted by atomic mass is 9.93. The van der Waals surface area contributed by atoms with Crippen LogP contribution in [-0.2, 0) is 11.2 Å². The van der Waals surface area contributed by atoms with E-state index in [4.69, 9.17) is 15.2 Å². The number of carbonyl (C=O) groups is 1. The van der Waals surface area contributed by atoms with E-state index in [0.29, 0.717) is 12.3 Å². The highest BCUT2D eigenvalue weighted by Crippen LogP contribution is 2.35. The molecule has 182 valence electrons. The van der Waals surface area contributed by atoms with Crippen molar-refractivity contribution in [3.8, 4) is 22.6 Å². The van der Waals surface area contributed by atoms with Gasteiger partial charge < -0.3 is 25.1 Å². The molecule has 4 aromatic rings. The zero-order valence-electron chi connectivity index (χ0n) is 20.1. The molecule has 0 bridgehead atoms. The third-order valence-electron chi connectivity index (χ3n) is 6.96. The van der Waals surface area contributed by atoms with Crippen LogP contribution >= 0.6 is 11.3 Å². The predicted octanol–water partition coefficient (Wildman–Crippen LogP) is 5.19. The zero-order valence-corrected chi connectivity index (χ0v) is 20.9. The maximum atomic E-state index is 12.8. The number of rotatable bonds is 7. The summed E-state index contributed by atoms with van der Waals surface area (Å²) in [6.07, 6.45) is 2.48. The summed E-state index contributed by atoms with van der Waals surface area (Å²) in [5, 5.41) is 5.27. The summed E-state index contributed by atoms with van der Waals surface area (Å²) in [5.74, 6) is 1.91. The Morgan fingerprint density at radius 1 is 1.06 bits per heavy atom. The van der Waals surface area contributed by atoms with E-state index in [2.05, 4.69) is 34.6 Å². The van der Waals surface area contributed by atoms with Crippen molar-refractivity contribution in [1.29, 1.82) is 0 Å². The van der Waals surface area contributed by atoms with E-state index in [1.54, 1.807) is 25.6 Å². The second kappa shape index (κ2) is 10.1. The van der Waals surface area contributed by atoms with Crippen LogP contribution in [0.3, 0.4) is 0 Å². The van der Waals surface area contributed by atoms with E-state index in [-0.39, 0.29) is 5.91 Å². The topological polar surface area (TPSA) is 80.6 Å². The number of ether oxygens (including phenoxy) is 2. The first-order valence-electron chi connectivity index (χ1n) is 12.0. The number of H-pyrrole nitrogens is 1. The molecule has 35 heavy (non-hydrogen) atoms. The second-order valence-electron chi connectivity index (χ2n) is 9.14. The van der Waals surface area contributed by atoms with Gasteiger partial charge in [-0.15, -0.1) is 0 Å². The van der Waals surface area contributed by atoms with E-state index >= 15 is 0 Å². The molecular weight excluding hydrogens is 458 g/mol. The number of benzene rings is 2. The molecule has 6 nitrogen and oxygen atoms in total. The Labute approximate surface area is 209 Å². The monoisotopic (exact) mass is 489 g/mol. The number of nitrogens with one attached hydrogen (secondary N) is 1. The number of fused-ring (bicyclic) bond motifs is 1. The molecule has 1 aliphatic rings. The van der Waals surface area contributed by atoms with Crippen molar-refractivity contribution in [3.63, 3.8) is 0 Å². The molecular formula is C28H31N3O3S. The summed E-state index contributed by atoms with van der Waals surface area (Å²) >= 11 is 1.64. The van der Waals surface area contributed by atoms with Crippen LogP contribution in [0.5, 0.6) is 11.5 Å². The maximum absolute atomic E-state index is 12.8. The van der Waals surface area contributed by atoms with E-state index in [9.17, 15) is 4.79 Å². The Bertz CT molecular complexity index is 1310. The summed E-state index contributed by atoms with van der Waals surface area (Å²) in [7, 11) is 3.30. The molecule has 3 heterocycles. The highest BCUT2D eigenvalue weighted by Gasteiger charge is 2.28. The van der Waals surface area contributed by atoms with Crippen LogP contribution in [0.15, 0.2) is 59.3 Å². The lowest BCUT2D eigenvalue weighted by molar-refractivity contribution is -0.133. The first kappa shape index (κ1) is 23.5. The molecule has 2 aromatic carbocycles. The fraction of sp³-hybridized carbons (Fsp3) is 0.321. The zero-order chi connectivity index (χ0) is 24.4. The molecule has 1 fully saturated rings. The molecule has 0 radical (unpaired) electrons. The number of amides is 1. The second-order valence-corrected chi connectivity index (χ2v) is 9.92. The minimum absolute atomic E-state index is 0.0610. The SMILES string of the molecule is COc1ccc(-c2ccc3[nH]c(C4CCN(C(=O)[C@@H](N)Cc5ccsc5)CC4)cc3c2)cc1OC. The summed E-state index contributed by atoms with van der Waals surface area (Å²) in [4.78, 5) is 18.4. The number of carbonyl (C=O) groups excluding carboxylic acids is 1. The summed E-state index contributed by atoms with van der Waals surface area (Å²) in [5.41, 5.74) is 11.9. The van der Waals surface area contributed by atoms with Crippen LogP contribution in [-0.4, -0.2) is 49.1 Å². The normalized spacial score (nSPS) is 15.3. The average molecular weight is 490 g/mol. The number of hydrogen-bond donors (Lipinski definition) is 2. The number of nitrogens with two attached hydrogens (primary N) is 1. The highest BCUT2D eigenvalue weighted by atomic mass is 32.1. The van der Waals surface area contributed by atoms with Gasteiger partial charge in [0.25, 0.3) is 0 Å². The third-order valence-corrected chi connectivity index (χ3v) is 7.69. The van der Waals surface area contributed by atoms with Gasteiger partial charge in [0.1, 0.15) is 0 Å². The van der Waals surface area contributed by atoms with Gasteiger partial charge in [0.05, 0.1) is 20.3 Å². The van der Waals surface area contributed by atoms with Crippen molar-refractivity contribution in [2.75, 3.05) is 27.3 Å². The highest BCUT2D eigenvalue weighted by molar-refractivity contribution is 7.07. The van der Waals surface area contributed by atoms with Crippen molar-refractivity contribution in [2.24, 2.45) is 5.73 Å². The molecule has 3 N–H and O–H groups in total. The van der Waals surface area contributed by atoms with Gasteiger partial charge in [-0.1, -0.05) is 12.1 Å². The molecule has 5 rings (SSSR count). The van der Waals surface area contributed by atoms with Gasteiger partial charge >= 0.3 is 0 Å². The molecule has 0 saturated carbocycles. The summed E-state index contributed by atoms with van der Waals surface area (Å²) in [6.45, 7) is 1.49. The third kappa shape index (κ3) is 4.92. The van der Waals surface area contributed by atoms with Gasteiger partial charge in [-0.25, -0.2) is 0 Å². The fourth-order valence-electron chi connectivity index (χ4n) is 4.97. The standard InChI is InChI=1S/C28H31N3O3S/c1-33-26-6-4-21(16-27(26)34-2)20-3-5-24-22(14-20)15-25(30-24)19-7-10-31(11-8-19)28(32)23(29)13-18-9-12-35-17-18/h3-6,9,12,14-17,19,23,30H,7-8,10-11,13,29H2,1-2H3/t23-/m0/s1. The van der Waals surface area contributed by atoms with E-state index in [1.165, 1.54) is 11.1 Å². The number of aromatic amines is 1. The summed E-state index contributed by atoms with van der Waals surface area (Å²) in [6, 6.07) is 16.3. The van der Waals surface area contributed by atoms with Gasteiger partial charge in [0, 0.05) is 35.6 Å². The number of aromatic nitrogens is 1. The molecule has 1 saturated heterocycles. The van der Waals surface area contributed by atoms with Crippen LogP contribution in [0.4, 0.5) is 0 Å². The number of thiophene rings is 1. The van der Waals surface area contributed by atoms with Gasteiger partial charge in [-0.3, -0.25) is 4.79 Å². The molecule has 1 atom stereocenters. The van der Waals surface area contributed by atoms with Gasteiger partial charge in [-0.05, 0) is 83.1 Å². The van der Waals surface area contributed by atoms with Crippen LogP contribution in [0.2, 0.25) is 0 Å². The maximum Gasteiger partial charge on any atom is 0.239 e. The Hall–Kier alpha value is -3.29. The number of nitrogens with zero attached hydrogens (tertiary/aromatic N) is 1. The molecule has 0 unspecified atom stereocenters. The number of hydrogen-bond acceptors (Lipinski definition) is 5. The minimum Gasteiger partial charge on any atom is -0.493 e. The molecule has 0 aliphatic carbocycles. The Morgan fingerprint density at radius 3 is 2.51 bits per heavy atom. The van der Waals surface area contributed by atoms with Gasteiger partial charge in [0.2, 0.25) is 5.91 Å². The van der Waals surface area contributed by atoms with Crippen molar-refractivity contribution in [2.45, 2.75) is 31.2 Å². The van der Waals surface area contributed by atoms with Crippen LogP contribution < -0.4 is 15.2 Å². The quantitative estimate of drug-likeness (QED) is 0.374. The summed E-state index contributed by atoms with van der Waals surface area (Å²) < 4.78 is 10.8. The molecule has 1 amide bonds. The van der Waals surface area contributed by atoms with Crippen molar-refractivity contribution < 1.29 is 14.3 Å². The largest absolute Gasteiger partial charge is 0.493 e. The van der Waals surface area contributed by atoms with Crippen molar-refractivity contribution in [1.82, 2.24) is 9.88 Å². The number of piperidine rings is 1. The number of likely N-dealkylation sites (tertiary alicyclic amines) is 1. The van der Waals surface area contributed by atoms with Crippen LogP contribution in [0, 0.1) is 0 Å². The first-order chi connectivity index (χ1) is 17.1. The molecule has 7 heteroatoms. The van der Waals surface area contributed by atoms with Crippen molar-refractivity contribution >= 4 is 28.1 Å². The molecule has 0 spiro atoms. The van der Waals surface area contributed by atoms with E-state index in [1.807, 2.05) is 34.5 Å². The predicted molar refractivity (Wildman–Crippen MR) is 141 cm³/mol. The average Bonchev–Trinajstić information content (AvgIpc) is 3.57. The molecule has 1 aliphatic heterocycles. The molecule has 2 aromatic heterocycles. The van der Waals surface area contributed by atoms with Crippen molar-refractivity contribution in [3.05, 3.63) is 70.5 Å². The van der Waals surface area contributed by atoms with Crippen LogP contribution in [0.25, 0.3) is 22.0 Å². The fourth-order valence-corrected chi connectivity index (χ4v) is 5.65. The van der Waals surface area contributed by atoms with E-state index in [0.717, 1.165) is 59.6 Å². The van der Waals surface area contributed by atoms with Crippen LogP contribution in [0.1, 0.15) is 30.0 Å². The lowest BCUT2D eigenvalue weighted by Gasteiger charge is -2.33. The first-order valence-corrected chi connectivity index (χ1v) is 12.9.